The van der Waals surface area contributed by atoms with Gasteiger partial charge in [-0.25, -0.2) is 14.5 Å². The van der Waals surface area contributed by atoms with Crippen LogP contribution >= 0.6 is 0 Å². The van der Waals surface area contributed by atoms with Gasteiger partial charge in [0.25, 0.3) is 0 Å². The molecule has 1 aliphatic heterocycles. The Morgan fingerprint density at radius 2 is 1.89 bits per heavy atom. The summed E-state index contributed by atoms with van der Waals surface area (Å²) in [5.74, 6) is 1.01. The number of morpholine rings is 1. The van der Waals surface area contributed by atoms with Crippen molar-refractivity contribution in [1.29, 1.82) is 0 Å². The lowest BCUT2D eigenvalue weighted by atomic mass is 10.1. The lowest BCUT2D eigenvalue weighted by Gasteiger charge is -2.29. The number of hydrogen-bond acceptors (Lipinski definition) is 8. The topological polar surface area (TPSA) is 120 Å². The summed E-state index contributed by atoms with van der Waals surface area (Å²) < 4.78 is 14.6. The molecule has 11 heteroatoms. The second kappa shape index (κ2) is 9.10. The lowest BCUT2D eigenvalue weighted by Crippen LogP contribution is -2.37. The van der Waals surface area contributed by atoms with Crippen LogP contribution in [0.2, 0.25) is 0 Å². The number of carbonyl (C=O) groups is 1. The van der Waals surface area contributed by atoms with Crippen molar-refractivity contribution in [3.8, 4) is 22.8 Å². The van der Waals surface area contributed by atoms with Crippen molar-refractivity contribution in [2.45, 2.75) is 13.8 Å². The highest BCUT2D eigenvalue weighted by molar-refractivity contribution is 6.03. The zero-order chi connectivity index (χ0) is 26.6. The molecular formula is C27H27N7O4. The molecule has 5 aromatic rings. The van der Waals surface area contributed by atoms with Crippen LogP contribution in [-0.4, -0.2) is 73.8 Å². The third-order valence-electron chi connectivity index (χ3n) is 7.16. The minimum Gasteiger partial charge on any atom is -0.496 e. The normalized spacial score (nSPS) is 13.9. The molecule has 6 heterocycles. The van der Waals surface area contributed by atoms with Gasteiger partial charge in [0, 0.05) is 55.1 Å². The smallest absolute Gasteiger partial charge is 0.352 e. The third kappa shape index (κ3) is 3.66. The van der Waals surface area contributed by atoms with E-state index in [1.807, 2.05) is 26.0 Å². The molecule has 0 saturated carbocycles. The largest absolute Gasteiger partial charge is 0.496 e. The van der Waals surface area contributed by atoms with Crippen molar-refractivity contribution in [1.82, 2.24) is 29.3 Å². The molecule has 38 heavy (non-hydrogen) atoms. The number of ether oxygens (including phenoxy) is 2. The summed E-state index contributed by atoms with van der Waals surface area (Å²) in [5, 5.41) is 16.3. The molecule has 5 aromatic heterocycles. The Hall–Kier alpha value is -4.51. The minimum absolute atomic E-state index is 0.241. The van der Waals surface area contributed by atoms with Gasteiger partial charge in [0.1, 0.15) is 17.3 Å². The number of rotatable bonds is 5. The fraction of sp³-hybridized carbons (Fsp3) is 0.296. The van der Waals surface area contributed by atoms with Gasteiger partial charge >= 0.3 is 5.97 Å². The van der Waals surface area contributed by atoms with Gasteiger partial charge in [-0.3, -0.25) is 9.97 Å². The zero-order valence-electron chi connectivity index (χ0n) is 21.6. The van der Waals surface area contributed by atoms with Crippen LogP contribution in [0.5, 0.6) is 5.75 Å². The number of fused-ring (bicyclic) bond motifs is 2. The van der Waals surface area contributed by atoms with Crippen molar-refractivity contribution in [2.24, 2.45) is 7.05 Å². The summed E-state index contributed by atoms with van der Waals surface area (Å²) in [6.07, 6.45) is 5.19. The summed E-state index contributed by atoms with van der Waals surface area (Å²) in [5.41, 5.74) is 4.81. The molecule has 194 valence electrons. The van der Waals surface area contributed by atoms with Crippen molar-refractivity contribution in [2.75, 3.05) is 38.3 Å². The number of pyridine rings is 3. The molecule has 1 N–H and O–H groups in total. The van der Waals surface area contributed by atoms with E-state index in [1.54, 1.807) is 48.1 Å². The second-order valence-corrected chi connectivity index (χ2v) is 9.29. The van der Waals surface area contributed by atoms with E-state index in [-0.39, 0.29) is 5.69 Å². The van der Waals surface area contributed by atoms with Crippen LogP contribution < -0.4 is 9.64 Å². The van der Waals surface area contributed by atoms with Crippen LogP contribution in [0, 0.1) is 13.8 Å². The molecule has 6 rings (SSSR count). The van der Waals surface area contributed by atoms with E-state index in [0.717, 1.165) is 38.9 Å². The van der Waals surface area contributed by atoms with Gasteiger partial charge in [0.2, 0.25) is 0 Å². The van der Waals surface area contributed by atoms with Gasteiger partial charge in [-0.05, 0) is 31.5 Å². The van der Waals surface area contributed by atoms with Crippen molar-refractivity contribution in [3.63, 3.8) is 0 Å². The number of aromatic carboxylic acids is 1. The molecule has 0 spiro atoms. The number of carboxylic acids is 1. The lowest BCUT2D eigenvalue weighted by molar-refractivity contribution is 0.0686. The highest BCUT2D eigenvalue weighted by Gasteiger charge is 2.26. The predicted octanol–water partition coefficient (Wildman–Crippen LogP) is 3.53. The van der Waals surface area contributed by atoms with E-state index in [9.17, 15) is 9.90 Å². The summed E-state index contributed by atoms with van der Waals surface area (Å²) >= 11 is 0. The zero-order valence-corrected chi connectivity index (χ0v) is 21.6. The van der Waals surface area contributed by atoms with Gasteiger partial charge in [-0.2, -0.15) is 5.10 Å². The Balaban J connectivity index is 1.61. The molecule has 0 aromatic carbocycles. The van der Waals surface area contributed by atoms with Crippen LogP contribution in [0.3, 0.4) is 0 Å². The van der Waals surface area contributed by atoms with Gasteiger partial charge < -0.3 is 24.0 Å². The van der Waals surface area contributed by atoms with Crippen molar-refractivity contribution < 1.29 is 19.4 Å². The summed E-state index contributed by atoms with van der Waals surface area (Å²) in [6.45, 7) is 6.26. The number of methoxy groups -OCH3 is 1. The number of nitrogens with zero attached hydrogens (tertiary/aromatic N) is 7. The maximum absolute atomic E-state index is 12.1. The first-order valence-corrected chi connectivity index (χ1v) is 12.3. The van der Waals surface area contributed by atoms with Gasteiger partial charge in [-0.15, -0.1) is 0 Å². The molecule has 0 radical (unpaired) electrons. The van der Waals surface area contributed by atoms with Crippen LogP contribution in [0.25, 0.3) is 38.9 Å². The molecule has 0 atom stereocenters. The Morgan fingerprint density at radius 1 is 1.11 bits per heavy atom. The van der Waals surface area contributed by atoms with E-state index in [1.165, 1.54) is 0 Å². The number of aromatic nitrogens is 6. The van der Waals surface area contributed by atoms with Gasteiger partial charge in [0.15, 0.2) is 5.82 Å². The first-order chi connectivity index (χ1) is 18.4. The number of hydrogen-bond donors (Lipinski definition) is 1. The van der Waals surface area contributed by atoms with E-state index < -0.39 is 5.97 Å². The third-order valence-corrected chi connectivity index (χ3v) is 7.16. The SMILES string of the molecule is COc1ccncc1-c1cc2c(cnn2-c2cc3c(c(N4CCOCC4)n2)c(C)c(C(=O)O)n3C)c(C)n1. The van der Waals surface area contributed by atoms with Crippen LogP contribution in [0.1, 0.15) is 21.7 Å². The summed E-state index contributed by atoms with van der Waals surface area (Å²) in [4.78, 5) is 28.4. The van der Waals surface area contributed by atoms with E-state index in [4.69, 9.17) is 19.4 Å². The summed E-state index contributed by atoms with van der Waals surface area (Å²) in [7, 11) is 3.39. The van der Waals surface area contributed by atoms with Crippen LogP contribution in [-0.2, 0) is 11.8 Å². The predicted molar refractivity (Wildman–Crippen MR) is 142 cm³/mol. The highest BCUT2D eigenvalue weighted by Crippen LogP contribution is 2.36. The molecule has 1 fully saturated rings. The van der Waals surface area contributed by atoms with E-state index in [0.29, 0.717) is 49.1 Å². The Labute approximate surface area is 218 Å². The maximum Gasteiger partial charge on any atom is 0.352 e. The molecule has 1 aliphatic rings. The fourth-order valence-corrected chi connectivity index (χ4v) is 5.29. The maximum atomic E-state index is 12.1. The fourth-order valence-electron chi connectivity index (χ4n) is 5.29. The average molecular weight is 514 g/mol. The number of aryl methyl sites for hydroxylation is 3. The number of carboxylic acid groups (broad SMARTS) is 1. The summed E-state index contributed by atoms with van der Waals surface area (Å²) in [6, 6.07) is 5.65. The standard InChI is InChI=1S/C27H27N7O4/c1-15-24-21(32(3)25(15)27(35)36)12-23(31-26(24)33-7-9-38-10-8-33)34-20-11-19(30-16(2)17(20)14-29-34)18-13-28-6-5-22(18)37-4/h5-6,11-14H,7-10H2,1-4H3,(H,35,36). The second-order valence-electron chi connectivity index (χ2n) is 9.29. The molecular weight excluding hydrogens is 486 g/mol. The average Bonchev–Trinajstić information content (AvgIpc) is 3.47. The molecule has 11 nitrogen and oxygen atoms in total. The first kappa shape index (κ1) is 23.9. The monoisotopic (exact) mass is 513 g/mol. The molecule has 0 amide bonds. The minimum atomic E-state index is -0.975. The molecule has 0 aliphatic carbocycles. The van der Waals surface area contributed by atoms with Gasteiger partial charge in [0.05, 0.1) is 48.8 Å². The molecule has 0 unspecified atom stereocenters. The van der Waals surface area contributed by atoms with Crippen LogP contribution in [0.4, 0.5) is 5.82 Å². The van der Waals surface area contributed by atoms with Crippen LogP contribution in [0.15, 0.2) is 36.8 Å². The number of anilines is 1. The van der Waals surface area contributed by atoms with Crippen molar-refractivity contribution in [3.05, 3.63) is 53.7 Å². The Bertz CT molecular complexity index is 1720. The molecule has 1 saturated heterocycles. The quantitative estimate of drug-likeness (QED) is 0.376. The highest BCUT2D eigenvalue weighted by atomic mass is 16.5. The van der Waals surface area contributed by atoms with Crippen molar-refractivity contribution >= 4 is 33.6 Å². The van der Waals surface area contributed by atoms with E-state index in [2.05, 4.69) is 15.0 Å². The molecule has 0 bridgehead atoms. The first-order valence-electron chi connectivity index (χ1n) is 12.3. The van der Waals surface area contributed by atoms with E-state index >= 15 is 0 Å². The Morgan fingerprint density at radius 3 is 2.63 bits per heavy atom. The Kier molecular flexibility index (Phi) is 5.72. The van der Waals surface area contributed by atoms with Gasteiger partial charge in [-0.1, -0.05) is 0 Å².